The van der Waals surface area contributed by atoms with Crippen LogP contribution in [0.3, 0.4) is 0 Å². The van der Waals surface area contributed by atoms with E-state index in [1.807, 2.05) is 31.2 Å². The van der Waals surface area contributed by atoms with Crippen molar-refractivity contribution in [1.82, 2.24) is 0 Å². The highest BCUT2D eigenvalue weighted by Gasteiger charge is 2.06. The Hall–Kier alpha value is -1.71. The van der Waals surface area contributed by atoms with Gasteiger partial charge in [0.2, 0.25) is 0 Å². The van der Waals surface area contributed by atoms with E-state index in [0.29, 0.717) is 38.6 Å². The molecule has 4 heteroatoms. The molecule has 1 rings (SSSR count). The Balaban J connectivity index is 2.16. The molecular formula is C18H28O4. The summed E-state index contributed by atoms with van der Waals surface area (Å²) in [5.41, 5.74) is 0. The number of benzene rings is 1. The van der Waals surface area contributed by atoms with Gasteiger partial charge in [0.15, 0.2) is 11.5 Å². The Labute approximate surface area is 133 Å². The molecule has 0 amide bonds. The van der Waals surface area contributed by atoms with Gasteiger partial charge in [-0.2, -0.15) is 0 Å². The summed E-state index contributed by atoms with van der Waals surface area (Å²) < 4.78 is 16.3. The van der Waals surface area contributed by atoms with Crippen LogP contribution in [0, 0.1) is 5.92 Å². The van der Waals surface area contributed by atoms with Crippen LogP contribution in [-0.4, -0.2) is 25.8 Å². The Morgan fingerprint density at radius 1 is 1.05 bits per heavy atom. The van der Waals surface area contributed by atoms with Gasteiger partial charge in [-0.15, -0.1) is 0 Å². The molecule has 124 valence electrons. The van der Waals surface area contributed by atoms with Gasteiger partial charge in [0.25, 0.3) is 0 Å². The van der Waals surface area contributed by atoms with E-state index in [4.69, 9.17) is 14.2 Å². The lowest BCUT2D eigenvalue weighted by Gasteiger charge is -2.11. The fraction of sp³-hybridized carbons (Fsp3) is 0.611. The van der Waals surface area contributed by atoms with Gasteiger partial charge in [0, 0.05) is 6.42 Å². The summed E-state index contributed by atoms with van der Waals surface area (Å²) in [6, 6.07) is 7.56. The van der Waals surface area contributed by atoms with Crippen molar-refractivity contribution in [3.8, 4) is 11.5 Å². The topological polar surface area (TPSA) is 44.8 Å². The molecule has 0 heterocycles. The second-order valence-electron chi connectivity index (χ2n) is 5.59. The van der Waals surface area contributed by atoms with E-state index in [0.717, 1.165) is 24.3 Å². The number of carbonyl (C=O) groups excluding carboxylic acids is 1. The predicted molar refractivity (Wildman–Crippen MR) is 87.4 cm³/mol. The van der Waals surface area contributed by atoms with Crippen LogP contribution in [0.1, 0.15) is 46.5 Å². The van der Waals surface area contributed by atoms with Crippen molar-refractivity contribution in [2.24, 2.45) is 5.92 Å². The van der Waals surface area contributed by atoms with Crippen LogP contribution in [0.15, 0.2) is 24.3 Å². The van der Waals surface area contributed by atoms with E-state index in [1.54, 1.807) is 0 Å². The van der Waals surface area contributed by atoms with Gasteiger partial charge in [-0.3, -0.25) is 4.79 Å². The third-order valence-corrected chi connectivity index (χ3v) is 3.12. The lowest BCUT2D eigenvalue weighted by atomic mass is 10.1. The van der Waals surface area contributed by atoms with Crippen molar-refractivity contribution in [2.45, 2.75) is 46.5 Å². The third-order valence-electron chi connectivity index (χ3n) is 3.12. The maximum Gasteiger partial charge on any atom is 0.305 e. The average Bonchev–Trinajstić information content (AvgIpc) is 2.50. The SMILES string of the molecule is CCOc1ccccc1OCCCC(=O)OCCCC(C)C. The van der Waals surface area contributed by atoms with Gasteiger partial charge in [0.05, 0.1) is 19.8 Å². The normalized spacial score (nSPS) is 10.5. The molecule has 22 heavy (non-hydrogen) atoms. The highest BCUT2D eigenvalue weighted by atomic mass is 16.5. The molecule has 0 aliphatic heterocycles. The summed E-state index contributed by atoms with van der Waals surface area (Å²) >= 11 is 0. The van der Waals surface area contributed by atoms with Crippen molar-refractivity contribution in [3.63, 3.8) is 0 Å². The fourth-order valence-electron chi connectivity index (χ4n) is 1.99. The van der Waals surface area contributed by atoms with E-state index < -0.39 is 0 Å². The second-order valence-corrected chi connectivity index (χ2v) is 5.59. The van der Waals surface area contributed by atoms with Crippen LogP contribution in [0.2, 0.25) is 0 Å². The molecule has 0 fully saturated rings. The largest absolute Gasteiger partial charge is 0.490 e. The van der Waals surface area contributed by atoms with Crippen LogP contribution in [0.5, 0.6) is 11.5 Å². The standard InChI is InChI=1S/C18H28O4/c1-4-20-16-10-5-6-11-17(16)21-13-8-12-18(19)22-14-7-9-15(2)3/h5-6,10-11,15H,4,7-9,12-14H2,1-3H3. The third kappa shape index (κ3) is 7.91. The van der Waals surface area contributed by atoms with Crippen LogP contribution < -0.4 is 9.47 Å². The Bertz CT molecular complexity index is 429. The monoisotopic (exact) mass is 308 g/mol. The van der Waals surface area contributed by atoms with Crippen LogP contribution in [-0.2, 0) is 9.53 Å². The summed E-state index contributed by atoms with van der Waals surface area (Å²) in [6.45, 7) is 7.86. The zero-order valence-corrected chi connectivity index (χ0v) is 14.0. The number of carbonyl (C=O) groups is 1. The zero-order valence-electron chi connectivity index (χ0n) is 14.0. The summed E-state index contributed by atoms with van der Waals surface area (Å²) in [5, 5.41) is 0. The molecule has 0 unspecified atom stereocenters. The van der Waals surface area contributed by atoms with Gasteiger partial charge >= 0.3 is 5.97 Å². The molecule has 0 atom stereocenters. The number of rotatable bonds is 11. The molecule has 1 aromatic carbocycles. The number of esters is 1. The van der Waals surface area contributed by atoms with Crippen molar-refractivity contribution in [2.75, 3.05) is 19.8 Å². The van der Waals surface area contributed by atoms with Crippen molar-refractivity contribution in [1.29, 1.82) is 0 Å². The summed E-state index contributed by atoms with van der Waals surface area (Å²) in [6.07, 6.45) is 3.05. The molecule has 0 aromatic heterocycles. The van der Waals surface area contributed by atoms with E-state index in [1.165, 1.54) is 0 Å². The van der Waals surface area contributed by atoms with Gasteiger partial charge in [-0.25, -0.2) is 0 Å². The number of hydrogen-bond donors (Lipinski definition) is 0. The van der Waals surface area contributed by atoms with E-state index in [9.17, 15) is 4.79 Å². The van der Waals surface area contributed by atoms with Gasteiger partial charge in [-0.05, 0) is 44.2 Å². The molecule has 0 N–H and O–H groups in total. The number of hydrogen-bond acceptors (Lipinski definition) is 4. The Morgan fingerprint density at radius 2 is 1.73 bits per heavy atom. The highest BCUT2D eigenvalue weighted by molar-refractivity contribution is 5.69. The zero-order chi connectivity index (χ0) is 16.2. The lowest BCUT2D eigenvalue weighted by molar-refractivity contribution is -0.144. The van der Waals surface area contributed by atoms with Crippen LogP contribution in [0.4, 0.5) is 0 Å². The van der Waals surface area contributed by atoms with E-state index in [-0.39, 0.29) is 5.97 Å². The summed E-state index contributed by atoms with van der Waals surface area (Å²) in [4.78, 5) is 11.6. The predicted octanol–water partition coefficient (Wildman–Crippen LogP) is 4.22. The molecule has 1 aromatic rings. The minimum Gasteiger partial charge on any atom is -0.490 e. The molecular weight excluding hydrogens is 280 g/mol. The minimum absolute atomic E-state index is 0.148. The lowest BCUT2D eigenvalue weighted by Crippen LogP contribution is -2.09. The minimum atomic E-state index is -0.148. The number of para-hydroxylation sites is 2. The van der Waals surface area contributed by atoms with Crippen molar-refractivity contribution in [3.05, 3.63) is 24.3 Å². The van der Waals surface area contributed by atoms with Crippen molar-refractivity contribution < 1.29 is 19.0 Å². The molecule has 0 bridgehead atoms. The van der Waals surface area contributed by atoms with Crippen LogP contribution in [0.25, 0.3) is 0 Å². The molecule has 0 aliphatic rings. The molecule has 4 nitrogen and oxygen atoms in total. The Morgan fingerprint density at radius 3 is 2.36 bits per heavy atom. The summed E-state index contributed by atoms with van der Waals surface area (Å²) in [5.74, 6) is 1.96. The average molecular weight is 308 g/mol. The highest BCUT2D eigenvalue weighted by Crippen LogP contribution is 2.26. The smallest absolute Gasteiger partial charge is 0.305 e. The molecule has 0 saturated carbocycles. The first-order valence-electron chi connectivity index (χ1n) is 8.13. The maximum atomic E-state index is 11.6. The molecule has 0 saturated heterocycles. The molecule has 0 aliphatic carbocycles. The first kappa shape index (κ1) is 18.3. The summed E-state index contributed by atoms with van der Waals surface area (Å²) in [7, 11) is 0. The van der Waals surface area contributed by atoms with Crippen LogP contribution >= 0.6 is 0 Å². The van der Waals surface area contributed by atoms with Crippen molar-refractivity contribution >= 4 is 5.97 Å². The van der Waals surface area contributed by atoms with E-state index in [2.05, 4.69) is 13.8 Å². The maximum absolute atomic E-state index is 11.6. The molecule has 0 radical (unpaired) electrons. The van der Waals surface area contributed by atoms with Gasteiger partial charge in [-0.1, -0.05) is 26.0 Å². The quantitative estimate of drug-likeness (QED) is 0.453. The fourth-order valence-corrected chi connectivity index (χ4v) is 1.99. The van der Waals surface area contributed by atoms with E-state index >= 15 is 0 Å². The first-order chi connectivity index (χ1) is 10.6. The van der Waals surface area contributed by atoms with Gasteiger partial charge in [0.1, 0.15) is 0 Å². The first-order valence-corrected chi connectivity index (χ1v) is 8.13. The molecule has 0 spiro atoms. The Kier molecular flexibility index (Phi) is 9.12. The van der Waals surface area contributed by atoms with Gasteiger partial charge < -0.3 is 14.2 Å². The second kappa shape index (κ2) is 10.9. The number of ether oxygens (including phenoxy) is 3.